The van der Waals surface area contributed by atoms with Crippen LogP contribution < -0.4 is 0 Å². The van der Waals surface area contributed by atoms with E-state index in [1.807, 2.05) is 0 Å². The van der Waals surface area contributed by atoms with Gasteiger partial charge in [-0.2, -0.15) is 0 Å². The third kappa shape index (κ3) is 2.76. The van der Waals surface area contributed by atoms with Gasteiger partial charge in [-0.3, -0.25) is 10.1 Å². The number of thiazole rings is 1. The minimum atomic E-state index is -0.516. The third-order valence-electron chi connectivity index (χ3n) is 2.32. The van der Waals surface area contributed by atoms with Crippen molar-refractivity contribution in [2.45, 2.75) is 6.92 Å². The molecule has 0 saturated heterocycles. The van der Waals surface area contributed by atoms with Crippen molar-refractivity contribution >= 4 is 23.0 Å². The van der Waals surface area contributed by atoms with Crippen LogP contribution in [-0.2, 0) is 4.74 Å². The molecule has 1 heterocycles. The normalized spacial score (nSPS) is 10.2. The number of nitro groups is 1. The van der Waals surface area contributed by atoms with Crippen LogP contribution in [0.1, 0.15) is 16.7 Å². The summed E-state index contributed by atoms with van der Waals surface area (Å²) in [7, 11) is 0. The minimum absolute atomic E-state index is 0.0124. The van der Waals surface area contributed by atoms with Gasteiger partial charge in [0.1, 0.15) is 0 Å². The number of ether oxygens (including phenoxy) is 1. The highest BCUT2D eigenvalue weighted by atomic mass is 32.1. The maximum absolute atomic E-state index is 11.5. The van der Waals surface area contributed by atoms with Crippen LogP contribution in [-0.4, -0.2) is 22.5 Å². The first-order chi connectivity index (χ1) is 9.13. The molecule has 0 radical (unpaired) electrons. The van der Waals surface area contributed by atoms with Crippen LogP contribution in [0.3, 0.4) is 0 Å². The zero-order valence-corrected chi connectivity index (χ0v) is 10.8. The van der Waals surface area contributed by atoms with Gasteiger partial charge in [-0.15, -0.1) is 11.3 Å². The summed E-state index contributed by atoms with van der Waals surface area (Å²) in [5, 5.41) is 11.1. The quantitative estimate of drug-likeness (QED) is 0.488. The second-order valence-corrected chi connectivity index (χ2v) is 4.56. The summed E-state index contributed by atoms with van der Waals surface area (Å²) < 4.78 is 4.83. The molecule has 1 aromatic heterocycles. The molecule has 6 nitrogen and oxygen atoms in total. The number of para-hydroxylation sites is 1. The van der Waals surface area contributed by atoms with Crippen molar-refractivity contribution in [2.24, 2.45) is 0 Å². The predicted molar refractivity (Wildman–Crippen MR) is 70.2 cm³/mol. The van der Waals surface area contributed by atoms with E-state index in [-0.39, 0.29) is 17.3 Å². The Morgan fingerprint density at radius 3 is 2.89 bits per heavy atom. The van der Waals surface area contributed by atoms with E-state index in [0.717, 1.165) is 11.3 Å². The number of rotatable bonds is 4. The van der Waals surface area contributed by atoms with Crippen molar-refractivity contribution < 1.29 is 14.5 Å². The summed E-state index contributed by atoms with van der Waals surface area (Å²) in [6, 6.07) is 6.33. The maximum Gasteiger partial charge on any atom is 0.367 e. The Labute approximate surface area is 112 Å². The summed E-state index contributed by atoms with van der Waals surface area (Å²) in [6.07, 6.45) is 1.44. The average Bonchev–Trinajstić information content (AvgIpc) is 2.88. The van der Waals surface area contributed by atoms with Gasteiger partial charge in [0.25, 0.3) is 5.69 Å². The van der Waals surface area contributed by atoms with E-state index in [4.69, 9.17) is 4.74 Å². The summed E-state index contributed by atoms with van der Waals surface area (Å²) in [6.45, 7) is 1.97. The topological polar surface area (TPSA) is 82.3 Å². The van der Waals surface area contributed by atoms with Gasteiger partial charge in [-0.1, -0.05) is 12.1 Å². The molecule has 0 saturated carbocycles. The van der Waals surface area contributed by atoms with Gasteiger partial charge < -0.3 is 4.74 Å². The van der Waals surface area contributed by atoms with Crippen molar-refractivity contribution in [3.05, 3.63) is 45.6 Å². The number of hydrogen-bond donors (Lipinski definition) is 0. The second kappa shape index (κ2) is 5.57. The van der Waals surface area contributed by atoms with Crippen LogP contribution in [0.4, 0.5) is 5.69 Å². The van der Waals surface area contributed by atoms with E-state index < -0.39 is 10.9 Å². The SMILES string of the molecule is CCOC(=O)c1ncc(-c2ccccc2[N+](=O)[O-])s1. The summed E-state index contributed by atoms with van der Waals surface area (Å²) >= 11 is 1.08. The van der Waals surface area contributed by atoms with Crippen molar-refractivity contribution in [2.75, 3.05) is 6.61 Å². The number of hydrogen-bond acceptors (Lipinski definition) is 6. The minimum Gasteiger partial charge on any atom is -0.461 e. The molecule has 0 atom stereocenters. The van der Waals surface area contributed by atoms with Crippen LogP contribution in [0, 0.1) is 10.1 Å². The molecule has 0 unspecified atom stereocenters. The van der Waals surface area contributed by atoms with Crippen LogP contribution >= 0.6 is 11.3 Å². The van der Waals surface area contributed by atoms with Gasteiger partial charge in [-0.25, -0.2) is 9.78 Å². The Kier molecular flexibility index (Phi) is 3.86. The van der Waals surface area contributed by atoms with E-state index in [0.29, 0.717) is 10.4 Å². The lowest BCUT2D eigenvalue weighted by atomic mass is 10.1. The lowest BCUT2D eigenvalue weighted by molar-refractivity contribution is -0.384. The van der Waals surface area contributed by atoms with E-state index >= 15 is 0 Å². The van der Waals surface area contributed by atoms with Crippen molar-refractivity contribution in [1.29, 1.82) is 0 Å². The molecule has 0 fully saturated rings. The molecule has 0 bridgehead atoms. The molecule has 98 valence electrons. The molecule has 2 aromatic rings. The Balaban J connectivity index is 2.38. The highest BCUT2D eigenvalue weighted by Crippen LogP contribution is 2.33. The average molecular weight is 278 g/mol. The number of aromatic nitrogens is 1. The first kappa shape index (κ1) is 13.2. The molecule has 0 aliphatic rings. The highest BCUT2D eigenvalue weighted by Gasteiger charge is 2.19. The molecule has 0 amide bonds. The monoisotopic (exact) mass is 278 g/mol. The molecule has 2 rings (SSSR count). The van der Waals surface area contributed by atoms with Crippen LogP contribution in [0.25, 0.3) is 10.4 Å². The molecule has 0 aliphatic carbocycles. The predicted octanol–water partition coefficient (Wildman–Crippen LogP) is 2.90. The largest absolute Gasteiger partial charge is 0.461 e. The first-order valence-corrected chi connectivity index (χ1v) is 6.32. The number of esters is 1. The van der Waals surface area contributed by atoms with Gasteiger partial charge in [-0.05, 0) is 13.0 Å². The number of carbonyl (C=O) groups excluding carboxylic acids is 1. The van der Waals surface area contributed by atoms with E-state index in [1.165, 1.54) is 12.3 Å². The molecule has 7 heteroatoms. The number of nitro benzene ring substituents is 1. The smallest absolute Gasteiger partial charge is 0.367 e. The molecule has 19 heavy (non-hydrogen) atoms. The fraction of sp³-hybridized carbons (Fsp3) is 0.167. The third-order valence-corrected chi connectivity index (χ3v) is 3.33. The van der Waals surface area contributed by atoms with E-state index in [2.05, 4.69) is 4.98 Å². The Bertz CT molecular complexity index is 624. The van der Waals surface area contributed by atoms with Gasteiger partial charge in [0.05, 0.1) is 22.0 Å². The van der Waals surface area contributed by atoms with Gasteiger partial charge >= 0.3 is 5.97 Å². The number of carbonyl (C=O) groups is 1. The Morgan fingerprint density at radius 2 is 2.21 bits per heavy atom. The van der Waals surface area contributed by atoms with E-state index in [1.54, 1.807) is 25.1 Å². The van der Waals surface area contributed by atoms with Crippen molar-refractivity contribution in [3.63, 3.8) is 0 Å². The van der Waals surface area contributed by atoms with Gasteiger partial charge in [0, 0.05) is 12.3 Å². The van der Waals surface area contributed by atoms with Crippen molar-refractivity contribution in [1.82, 2.24) is 4.98 Å². The molecular formula is C12H10N2O4S. The molecule has 0 N–H and O–H groups in total. The summed E-state index contributed by atoms with van der Waals surface area (Å²) in [5.41, 5.74) is 0.433. The maximum atomic E-state index is 11.5. The highest BCUT2D eigenvalue weighted by molar-refractivity contribution is 7.16. The summed E-state index contributed by atoms with van der Waals surface area (Å²) in [5.74, 6) is -0.516. The molecule has 0 spiro atoms. The zero-order valence-electron chi connectivity index (χ0n) is 10.0. The van der Waals surface area contributed by atoms with Crippen LogP contribution in [0.15, 0.2) is 30.5 Å². The first-order valence-electron chi connectivity index (χ1n) is 5.50. The fourth-order valence-electron chi connectivity index (χ4n) is 1.53. The summed E-state index contributed by atoms with van der Waals surface area (Å²) in [4.78, 5) is 26.5. The zero-order chi connectivity index (χ0) is 13.8. The van der Waals surface area contributed by atoms with Gasteiger partial charge in [0.2, 0.25) is 5.01 Å². The lowest BCUT2D eigenvalue weighted by Crippen LogP contribution is -2.03. The molecule has 1 aromatic carbocycles. The van der Waals surface area contributed by atoms with E-state index in [9.17, 15) is 14.9 Å². The second-order valence-electron chi connectivity index (χ2n) is 3.52. The van der Waals surface area contributed by atoms with Crippen molar-refractivity contribution in [3.8, 4) is 10.4 Å². The Morgan fingerprint density at radius 1 is 1.47 bits per heavy atom. The molecular weight excluding hydrogens is 268 g/mol. The number of benzene rings is 1. The van der Waals surface area contributed by atoms with Crippen LogP contribution in [0.5, 0.6) is 0 Å². The van der Waals surface area contributed by atoms with Gasteiger partial charge in [0.15, 0.2) is 0 Å². The number of nitrogens with zero attached hydrogens (tertiary/aromatic N) is 2. The van der Waals surface area contributed by atoms with Crippen LogP contribution in [0.2, 0.25) is 0 Å². The lowest BCUT2D eigenvalue weighted by Gasteiger charge is -1.98. The fourth-order valence-corrected chi connectivity index (χ4v) is 2.37. The molecule has 0 aliphatic heterocycles. The Hall–Kier alpha value is -2.28. The standard InChI is InChI=1S/C12H10N2O4S/c1-2-18-12(15)11-13-7-10(19-11)8-5-3-4-6-9(8)14(16)17/h3-7H,2H2,1H3.